The van der Waals surface area contributed by atoms with Crippen LogP contribution in [0.15, 0.2) is 36.4 Å². The maximum atomic E-state index is 14.7. The van der Waals surface area contributed by atoms with Crippen molar-refractivity contribution in [2.24, 2.45) is 0 Å². The van der Waals surface area contributed by atoms with E-state index in [0.29, 0.717) is 43.2 Å². The van der Waals surface area contributed by atoms with E-state index in [2.05, 4.69) is 10.6 Å². The summed E-state index contributed by atoms with van der Waals surface area (Å²) in [6.07, 6.45) is 0.839. The second-order valence-corrected chi connectivity index (χ2v) is 7.25. The molecule has 1 unspecified atom stereocenters. The third-order valence-electron chi connectivity index (χ3n) is 5.06. The Hall–Kier alpha value is -2.15. The number of carbonyl (C=O) groups excluding carboxylic acids is 2. The Morgan fingerprint density at radius 2 is 2.04 bits per heavy atom. The number of nitrogens with one attached hydrogen (secondary N) is 2. The topological polar surface area (TPSA) is 61.4 Å². The van der Waals surface area contributed by atoms with Gasteiger partial charge in [-0.05, 0) is 41.8 Å². The number of hydrogen-bond donors (Lipinski definition) is 2. The molecule has 2 aliphatic rings. The molecule has 1 fully saturated rings. The molecule has 8 heteroatoms. The number of carbonyl (C=O) groups is 2. The minimum absolute atomic E-state index is 0. The van der Waals surface area contributed by atoms with Gasteiger partial charge in [0.15, 0.2) is 0 Å². The van der Waals surface area contributed by atoms with Crippen LogP contribution in [-0.4, -0.2) is 36.3 Å². The van der Waals surface area contributed by atoms with Gasteiger partial charge in [-0.1, -0.05) is 23.7 Å². The van der Waals surface area contributed by atoms with Gasteiger partial charge in [0.2, 0.25) is 5.91 Å². The lowest BCUT2D eigenvalue weighted by Crippen LogP contribution is -2.49. The van der Waals surface area contributed by atoms with Crippen LogP contribution < -0.4 is 10.6 Å². The number of nitrogens with zero attached hydrogens (tertiary/aromatic N) is 1. The minimum Gasteiger partial charge on any atom is -0.329 e. The molecule has 28 heavy (non-hydrogen) atoms. The van der Waals surface area contributed by atoms with Crippen LogP contribution in [0, 0.1) is 5.82 Å². The van der Waals surface area contributed by atoms with E-state index in [9.17, 15) is 14.0 Å². The number of piperazine rings is 1. The van der Waals surface area contributed by atoms with E-state index in [0.717, 1.165) is 11.1 Å². The number of halogens is 3. The van der Waals surface area contributed by atoms with E-state index in [4.69, 9.17) is 11.6 Å². The molecule has 2 amide bonds. The lowest BCUT2D eigenvalue weighted by atomic mass is 9.97. The van der Waals surface area contributed by atoms with E-state index >= 15 is 0 Å². The Morgan fingerprint density at radius 3 is 2.82 bits per heavy atom. The minimum atomic E-state index is -0.621. The first-order valence-electron chi connectivity index (χ1n) is 8.92. The second kappa shape index (κ2) is 8.47. The average molecular weight is 424 g/mol. The summed E-state index contributed by atoms with van der Waals surface area (Å²) in [7, 11) is 0. The van der Waals surface area contributed by atoms with Crippen LogP contribution >= 0.6 is 24.0 Å². The van der Waals surface area contributed by atoms with Crippen molar-refractivity contribution in [2.75, 3.05) is 25.0 Å². The molecule has 2 aromatic carbocycles. The Labute approximate surface area is 173 Å². The summed E-state index contributed by atoms with van der Waals surface area (Å²) in [6, 6.07) is 9.97. The average Bonchev–Trinajstić information content (AvgIpc) is 2.67. The van der Waals surface area contributed by atoms with Gasteiger partial charge in [0.25, 0.3) is 5.91 Å². The highest BCUT2D eigenvalue weighted by molar-refractivity contribution is 6.30. The highest BCUT2D eigenvalue weighted by Gasteiger charge is 2.31. The van der Waals surface area contributed by atoms with Gasteiger partial charge in [0.05, 0.1) is 11.6 Å². The van der Waals surface area contributed by atoms with Crippen molar-refractivity contribution in [3.63, 3.8) is 0 Å². The van der Waals surface area contributed by atoms with Crippen molar-refractivity contribution in [3.05, 3.63) is 63.9 Å². The summed E-state index contributed by atoms with van der Waals surface area (Å²) < 4.78 is 14.7. The van der Waals surface area contributed by atoms with Gasteiger partial charge in [0.1, 0.15) is 5.82 Å². The zero-order valence-corrected chi connectivity index (χ0v) is 16.6. The lowest BCUT2D eigenvalue weighted by Gasteiger charge is -2.37. The molecule has 2 aromatic rings. The highest BCUT2D eigenvalue weighted by atomic mass is 35.5. The number of hydrogen-bond acceptors (Lipinski definition) is 3. The van der Waals surface area contributed by atoms with Crippen molar-refractivity contribution >= 4 is 41.5 Å². The van der Waals surface area contributed by atoms with Crippen LogP contribution in [0.5, 0.6) is 0 Å². The third kappa shape index (κ3) is 3.99. The van der Waals surface area contributed by atoms with Crippen LogP contribution in [-0.2, 0) is 11.2 Å². The molecule has 2 heterocycles. The molecule has 2 N–H and O–H groups in total. The summed E-state index contributed by atoms with van der Waals surface area (Å²) in [4.78, 5) is 26.4. The summed E-state index contributed by atoms with van der Waals surface area (Å²) in [5, 5.41) is 6.54. The summed E-state index contributed by atoms with van der Waals surface area (Å²) in [5.74, 6) is -1.10. The zero-order valence-electron chi connectivity index (χ0n) is 15.0. The number of fused-ring (bicyclic) bond motifs is 1. The number of rotatable bonds is 2. The predicted octanol–water partition coefficient (Wildman–Crippen LogP) is 3.57. The maximum absolute atomic E-state index is 14.7. The number of aryl methyl sites for hydroxylation is 1. The van der Waals surface area contributed by atoms with Gasteiger partial charge < -0.3 is 15.5 Å². The first-order valence-corrected chi connectivity index (χ1v) is 9.30. The highest BCUT2D eigenvalue weighted by Crippen LogP contribution is 2.30. The number of anilines is 1. The quantitative estimate of drug-likeness (QED) is 0.775. The fraction of sp³-hybridized carbons (Fsp3) is 0.300. The molecular formula is C20H20Cl2FN3O2. The van der Waals surface area contributed by atoms with E-state index in [1.54, 1.807) is 17.0 Å². The van der Waals surface area contributed by atoms with Crippen molar-refractivity contribution in [3.8, 4) is 0 Å². The van der Waals surface area contributed by atoms with Crippen molar-refractivity contribution in [1.29, 1.82) is 0 Å². The zero-order chi connectivity index (χ0) is 19.0. The normalized spacial score (nSPS) is 18.7. The molecule has 0 aliphatic carbocycles. The molecule has 0 saturated carbocycles. The number of benzene rings is 2. The predicted molar refractivity (Wildman–Crippen MR) is 109 cm³/mol. The van der Waals surface area contributed by atoms with Crippen LogP contribution in [0.2, 0.25) is 5.02 Å². The molecule has 0 radical (unpaired) electrons. The molecule has 4 rings (SSSR count). The van der Waals surface area contributed by atoms with E-state index in [-0.39, 0.29) is 35.8 Å². The van der Waals surface area contributed by atoms with Gasteiger partial charge in [-0.2, -0.15) is 0 Å². The summed E-state index contributed by atoms with van der Waals surface area (Å²) in [5.41, 5.74) is 2.19. The summed E-state index contributed by atoms with van der Waals surface area (Å²) >= 11 is 6.11. The lowest BCUT2D eigenvalue weighted by molar-refractivity contribution is -0.116. The Balaban J connectivity index is 0.00000225. The van der Waals surface area contributed by atoms with Gasteiger partial charge >= 0.3 is 0 Å². The number of amides is 2. The molecule has 0 aromatic heterocycles. The first-order chi connectivity index (χ1) is 13.0. The third-order valence-corrected chi connectivity index (χ3v) is 5.29. The van der Waals surface area contributed by atoms with Crippen molar-refractivity contribution in [2.45, 2.75) is 18.9 Å². The van der Waals surface area contributed by atoms with E-state index in [1.165, 1.54) is 6.07 Å². The van der Waals surface area contributed by atoms with Crippen LogP contribution in [0.4, 0.5) is 10.1 Å². The maximum Gasteiger partial charge on any atom is 0.257 e. The molecule has 1 atom stereocenters. The Kier molecular flexibility index (Phi) is 6.23. The van der Waals surface area contributed by atoms with Crippen molar-refractivity contribution < 1.29 is 14.0 Å². The fourth-order valence-electron chi connectivity index (χ4n) is 3.68. The molecule has 2 aliphatic heterocycles. The van der Waals surface area contributed by atoms with Gasteiger partial charge in [-0.25, -0.2) is 4.39 Å². The van der Waals surface area contributed by atoms with E-state index < -0.39 is 5.82 Å². The smallest absolute Gasteiger partial charge is 0.257 e. The Bertz CT molecular complexity index is 922. The monoisotopic (exact) mass is 423 g/mol. The van der Waals surface area contributed by atoms with Crippen LogP contribution in [0.25, 0.3) is 0 Å². The summed E-state index contributed by atoms with van der Waals surface area (Å²) in [6.45, 7) is 1.70. The molecule has 0 spiro atoms. The largest absolute Gasteiger partial charge is 0.329 e. The SMILES string of the molecule is Cl.O=C1CCc2cc(C(=O)N3CCNCC3c3cccc(Cl)c3)c(F)cc2N1. The molecule has 5 nitrogen and oxygen atoms in total. The standard InChI is InChI=1S/C20H19ClFN3O2.ClH/c21-14-3-1-2-13(8-14)18-11-23-6-7-25(18)20(27)15-9-12-4-5-19(26)24-17(12)10-16(15)22;/h1-3,8-10,18,23H,4-7,11H2,(H,24,26);1H. The molecule has 0 bridgehead atoms. The molecular weight excluding hydrogens is 404 g/mol. The molecule has 1 saturated heterocycles. The van der Waals surface area contributed by atoms with E-state index in [1.807, 2.05) is 18.2 Å². The van der Waals surface area contributed by atoms with Gasteiger partial charge in [-0.15, -0.1) is 12.4 Å². The van der Waals surface area contributed by atoms with Crippen LogP contribution in [0.1, 0.15) is 33.9 Å². The van der Waals surface area contributed by atoms with Crippen LogP contribution in [0.3, 0.4) is 0 Å². The second-order valence-electron chi connectivity index (χ2n) is 6.81. The molecule has 148 valence electrons. The first kappa shape index (κ1) is 20.6. The Morgan fingerprint density at radius 1 is 1.21 bits per heavy atom. The van der Waals surface area contributed by atoms with Gasteiger partial charge in [-0.3, -0.25) is 9.59 Å². The van der Waals surface area contributed by atoms with Crippen molar-refractivity contribution in [1.82, 2.24) is 10.2 Å². The van der Waals surface area contributed by atoms with Gasteiger partial charge in [0, 0.05) is 36.8 Å². The fourth-order valence-corrected chi connectivity index (χ4v) is 3.88.